The molecule has 0 heterocycles. The summed E-state index contributed by atoms with van der Waals surface area (Å²) in [5.41, 5.74) is 1.14. The Bertz CT molecular complexity index is 329. The highest BCUT2D eigenvalue weighted by Crippen LogP contribution is 2.05. The third-order valence-electron chi connectivity index (χ3n) is 2.41. The molecule has 3 heteroatoms. The van der Waals surface area contributed by atoms with Crippen LogP contribution in [0.1, 0.15) is 20.3 Å². The number of benzene rings is 1. The van der Waals surface area contributed by atoms with E-state index in [1.54, 1.807) is 0 Å². The average Bonchev–Trinajstić information content (AvgIpc) is 2.30. The fourth-order valence-electron chi connectivity index (χ4n) is 1.54. The first kappa shape index (κ1) is 12.5. The molecule has 16 heavy (non-hydrogen) atoms. The van der Waals surface area contributed by atoms with Crippen LogP contribution < -0.4 is 10.6 Å². The minimum Gasteiger partial charge on any atom is -0.385 e. The predicted octanol–water partition coefficient (Wildman–Crippen LogP) is 2.38. The third-order valence-corrected chi connectivity index (χ3v) is 2.41. The van der Waals surface area contributed by atoms with Gasteiger partial charge >= 0.3 is 0 Å². The average molecular weight is 217 g/mol. The Hall–Kier alpha value is -1.53. The first-order valence-electron chi connectivity index (χ1n) is 5.67. The Morgan fingerprint density at radius 1 is 1.25 bits per heavy atom. The van der Waals surface area contributed by atoms with Gasteiger partial charge in [0.1, 0.15) is 0 Å². The van der Waals surface area contributed by atoms with Gasteiger partial charge in [0.15, 0.2) is 0 Å². The molecule has 0 aromatic heterocycles. The van der Waals surface area contributed by atoms with Gasteiger partial charge in [-0.25, -0.2) is 0 Å². The lowest BCUT2D eigenvalue weighted by Gasteiger charge is -2.15. The maximum atomic E-state index is 8.66. The number of nitriles is 1. The highest BCUT2D eigenvalue weighted by Gasteiger charge is 2.05. The number of anilines is 1. The smallest absolute Gasteiger partial charge is 0.0926 e. The van der Waals surface area contributed by atoms with E-state index in [-0.39, 0.29) is 6.04 Å². The van der Waals surface area contributed by atoms with Crippen LogP contribution in [0.25, 0.3) is 0 Å². The largest absolute Gasteiger partial charge is 0.385 e. The van der Waals surface area contributed by atoms with Gasteiger partial charge in [0.05, 0.1) is 12.1 Å². The van der Waals surface area contributed by atoms with Gasteiger partial charge in [0.2, 0.25) is 0 Å². The van der Waals surface area contributed by atoms with Crippen LogP contribution in [-0.4, -0.2) is 18.6 Å². The van der Waals surface area contributed by atoms with E-state index in [0.717, 1.165) is 18.7 Å². The van der Waals surface area contributed by atoms with Crippen molar-refractivity contribution >= 4 is 5.69 Å². The molecule has 2 unspecified atom stereocenters. The Labute approximate surface area is 97.5 Å². The Kier molecular flexibility index (Phi) is 5.38. The van der Waals surface area contributed by atoms with Gasteiger partial charge in [-0.15, -0.1) is 0 Å². The Morgan fingerprint density at radius 3 is 2.56 bits per heavy atom. The first-order valence-corrected chi connectivity index (χ1v) is 5.67. The summed E-state index contributed by atoms with van der Waals surface area (Å²) in [6, 6.07) is 12.6. The molecule has 0 fully saturated rings. The van der Waals surface area contributed by atoms with E-state index in [0.29, 0.717) is 6.04 Å². The van der Waals surface area contributed by atoms with E-state index in [1.165, 1.54) is 0 Å². The van der Waals surface area contributed by atoms with Crippen LogP contribution in [0.15, 0.2) is 30.3 Å². The SMILES string of the molecule is CC(C#N)NC(C)CCNc1ccccc1. The predicted molar refractivity (Wildman–Crippen MR) is 67.2 cm³/mol. The van der Waals surface area contributed by atoms with Crippen molar-refractivity contribution in [2.45, 2.75) is 32.4 Å². The first-order chi connectivity index (χ1) is 7.72. The highest BCUT2D eigenvalue weighted by atomic mass is 14.9. The second-order valence-corrected chi connectivity index (χ2v) is 4.00. The van der Waals surface area contributed by atoms with Crippen molar-refractivity contribution in [2.24, 2.45) is 0 Å². The molecule has 1 aromatic carbocycles. The van der Waals surface area contributed by atoms with Crippen LogP contribution in [0, 0.1) is 11.3 Å². The minimum atomic E-state index is -0.0771. The monoisotopic (exact) mass is 217 g/mol. The standard InChI is InChI=1S/C13H19N3/c1-11(16-12(2)10-14)8-9-15-13-6-4-3-5-7-13/h3-7,11-12,15-16H,8-9H2,1-2H3. The molecule has 0 radical (unpaired) electrons. The van der Waals surface area contributed by atoms with Gasteiger partial charge in [-0.05, 0) is 32.4 Å². The van der Waals surface area contributed by atoms with Crippen LogP contribution in [0.3, 0.4) is 0 Å². The van der Waals surface area contributed by atoms with Gasteiger partial charge in [-0.1, -0.05) is 18.2 Å². The number of rotatable bonds is 6. The molecule has 86 valence electrons. The molecule has 0 saturated heterocycles. The zero-order valence-corrected chi connectivity index (χ0v) is 9.90. The number of para-hydroxylation sites is 1. The molecule has 2 N–H and O–H groups in total. The molecule has 0 aliphatic rings. The summed E-state index contributed by atoms with van der Waals surface area (Å²) in [4.78, 5) is 0. The quantitative estimate of drug-likeness (QED) is 0.769. The lowest BCUT2D eigenvalue weighted by Crippen LogP contribution is -2.34. The zero-order chi connectivity index (χ0) is 11.8. The van der Waals surface area contributed by atoms with E-state index in [4.69, 9.17) is 5.26 Å². The lowest BCUT2D eigenvalue weighted by atomic mass is 10.2. The van der Waals surface area contributed by atoms with Crippen LogP contribution in [0.2, 0.25) is 0 Å². The second-order valence-electron chi connectivity index (χ2n) is 4.00. The Balaban J connectivity index is 2.19. The lowest BCUT2D eigenvalue weighted by molar-refractivity contribution is 0.502. The van der Waals surface area contributed by atoms with Crippen molar-refractivity contribution in [3.63, 3.8) is 0 Å². The molecule has 0 spiro atoms. The van der Waals surface area contributed by atoms with Crippen LogP contribution in [0.5, 0.6) is 0 Å². The molecule has 1 aromatic rings. The summed E-state index contributed by atoms with van der Waals surface area (Å²) in [6.45, 7) is 4.89. The molecule has 1 rings (SSSR count). The summed E-state index contributed by atoms with van der Waals surface area (Å²) in [5.74, 6) is 0. The maximum absolute atomic E-state index is 8.66. The van der Waals surface area contributed by atoms with E-state index >= 15 is 0 Å². The van der Waals surface area contributed by atoms with Crippen molar-refractivity contribution in [3.05, 3.63) is 30.3 Å². The fraction of sp³-hybridized carbons (Fsp3) is 0.462. The summed E-state index contributed by atoms with van der Waals surface area (Å²) in [5, 5.41) is 15.2. The summed E-state index contributed by atoms with van der Waals surface area (Å²) in [6.07, 6.45) is 1.00. The summed E-state index contributed by atoms with van der Waals surface area (Å²) in [7, 11) is 0. The molecular weight excluding hydrogens is 198 g/mol. The van der Waals surface area contributed by atoms with Gasteiger partial charge in [0, 0.05) is 18.3 Å². The summed E-state index contributed by atoms with van der Waals surface area (Å²) >= 11 is 0. The molecule has 0 bridgehead atoms. The Morgan fingerprint density at radius 2 is 1.94 bits per heavy atom. The molecule has 3 nitrogen and oxygen atoms in total. The van der Waals surface area contributed by atoms with E-state index < -0.39 is 0 Å². The van der Waals surface area contributed by atoms with Gasteiger partial charge in [0.25, 0.3) is 0 Å². The van der Waals surface area contributed by atoms with Gasteiger partial charge in [-0.2, -0.15) is 5.26 Å². The van der Waals surface area contributed by atoms with Crippen molar-refractivity contribution in [1.29, 1.82) is 5.26 Å². The van der Waals surface area contributed by atoms with Crippen molar-refractivity contribution in [2.75, 3.05) is 11.9 Å². The number of hydrogen-bond acceptors (Lipinski definition) is 3. The van der Waals surface area contributed by atoms with E-state index in [9.17, 15) is 0 Å². The topological polar surface area (TPSA) is 47.9 Å². The minimum absolute atomic E-state index is 0.0771. The zero-order valence-electron chi connectivity index (χ0n) is 9.90. The molecular formula is C13H19N3. The molecule has 0 saturated carbocycles. The van der Waals surface area contributed by atoms with Gasteiger partial charge in [-0.3, -0.25) is 5.32 Å². The van der Waals surface area contributed by atoms with Crippen molar-refractivity contribution in [3.8, 4) is 6.07 Å². The third kappa shape index (κ3) is 4.81. The normalized spacial score (nSPS) is 13.8. The van der Waals surface area contributed by atoms with Crippen LogP contribution in [0.4, 0.5) is 5.69 Å². The van der Waals surface area contributed by atoms with Crippen molar-refractivity contribution in [1.82, 2.24) is 5.32 Å². The highest BCUT2D eigenvalue weighted by molar-refractivity contribution is 5.42. The van der Waals surface area contributed by atoms with Crippen LogP contribution in [-0.2, 0) is 0 Å². The molecule has 0 amide bonds. The van der Waals surface area contributed by atoms with Crippen LogP contribution >= 0.6 is 0 Å². The van der Waals surface area contributed by atoms with Crippen molar-refractivity contribution < 1.29 is 0 Å². The molecule has 0 aliphatic carbocycles. The fourth-order valence-corrected chi connectivity index (χ4v) is 1.54. The molecule has 2 atom stereocenters. The van der Waals surface area contributed by atoms with E-state index in [2.05, 4.69) is 35.8 Å². The maximum Gasteiger partial charge on any atom is 0.0926 e. The number of nitrogens with zero attached hydrogens (tertiary/aromatic N) is 1. The second kappa shape index (κ2) is 6.86. The van der Waals surface area contributed by atoms with Gasteiger partial charge < -0.3 is 5.32 Å². The number of nitrogens with one attached hydrogen (secondary N) is 2. The van der Waals surface area contributed by atoms with E-state index in [1.807, 2.05) is 25.1 Å². The summed E-state index contributed by atoms with van der Waals surface area (Å²) < 4.78 is 0. The molecule has 0 aliphatic heterocycles. The number of hydrogen-bond donors (Lipinski definition) is 2.